The van der Waals surface area contributed by atoms with Crippen molar-refractivity contribution in [2.24, 2.45) is 0 Å². The van der Waals surface area contributed by atoms with E-state index in [1.807, 2.05) is 18.2 Å². The molecular weight excluding hydrogens is 262 g/mol. The molecule has 1 aromatic carbocycles. The maximum atomic E-state index is 12.2. The van der Waals surface area contributed by atoms with Gasteiger partial charge in [0.15, 0.2) is 0 Å². The molecule has 2 rings (SSSR count). The van der Waals surface area contributed by atoms with Crippen molar-refractivity contribution in [2.75, 3.05) is 7.05 Å². The Balaban J connectivity index is 1.97. The van der Waals surface area contributed by atoms with Crippen LogP contribution in [0.25, 0.3) is 6.08 Å². The summed E-state index contributed by atoms with van der Waals surface area (Å²) in [6.45, 7) is 2.12. The summed E-state index contributed by atoms with van der Waals surface area (Å²) in [5.41, 5.74) is 2.32. The van der Waals surface area contributed by atoms with Gasteiger partial charge in [0.05, 0.1) is 12.1 Å². The van der Waals surface area contributed by atoms with Gasteiger partial charge in [0, 0.05) is 13.1 Å². The van der Waals surface area contributed by atoms with Crippen LogP contribution in [0.15, 0.2) is 30.3 Å². The number of aryl methyl sites for hydroxylation is 1. The van der Waals surface area contributed by atoms with Crippen LogP contribution in [0, 0.1) is 0 Å². The molecule has 0 radical (unpaired) electrons. The normalized spacial score (nSPS) is 22.4. The molecule has 0 heterocycles. The third-order valence-corrected chi connectivity index (χ3v) is 4.35. The highest BCUT2D eigenvalue weighted by atomic mass is 16.3. The molecule has 0 bridgehead atoms. The van der Waals surface area contributed by atoms with Crippen molar-refractivity contribution in [1.29, 1.82) is 0 Å². The van der Waals surface area contributed by atoms with Gasteiger partial charge in [0.1, 0.15) is 0 Å². The fraction of sp³-hybridized carbons (Fsp3) is 0.500. The lowest BCUT2D eigenvalue weighted by Gasteiger charge is -2.34. The molecule has 1 N–H and O–H groups in total. The molecule has 3 nitrogen and oxygen atoms in total. The number of carbonyl (C=O) groups excluding carboxylic acids is 1. The second-order valence-electron chi connectivity index (χ2n) is 5.80. The van der Waals surface area contributed by atoms with E-state index in [9.17, 15) is 9.90 Å². The number of rotatable bonds is 4. The number of hydrogen-bond donors (Lipinski definition) is 1. The molecule has 1 saturated carbocycles. The number of hydrogen-bond acceptors (Lipinski definition) is 2. The maximum Gasteiger partial charge on any atom is 0.246 e. The van der Waals surface area contributed by atoms with Crippen molar-refractivity contribution in [3.8, 4) is 0 Å². The molecule has 2 atom stereocenters. The molecule has 3 heteroatoms. The van der Waals surface area contributed by atoms with Crippen LogP contribution in [0.1, 0.15) is 43.7 Å². The van der Waals surface area contributed by atoms with Crippen molar-refractivity contribution in [3.05, 3.63) is 41.5 Å². The Morgan fingerprint density at radius 2 is 1.95 bits per heavy atom. The van der Waals surface area contributed by atoms with E-state index in [2.05, 4.69) is 19.1 Å². The Bertz CT molecular complexity index is 492. The van der Waals surface area contributed by atoms with Crippen LogP contribution in [-0.4, -0.2) is 35.1 Å². The van der Waals surface area contributed by atoms with E-state index < -0.39 is 0 Å². The molecule has 1 fully saturated rings. The molecule has 1 amide bonds. The van der Waals surface area contributed by atoms with Gasteiger partial charge >= 0.3 is 0 Å². The van der Waals surface area contributed by atoms with Crippen LogP contribution < -0.4 is 0 Å². The Morgan fingerprint density at radius 3 is 2.57 bits per heavy atom. The van der Waals surface area contributed by atoms with Crippen LogP contribution in [0.3, 0.4) is 0 Å². The molecule has 1 aromatic rings. The van der Waals surface area contributed by atoms with Crippen LogP contribution in [0.4, 0.5) is 0 Å². The second kappa shape index (κ2) is 7.41. The highest BCUT2D eigenvalue weighted by Gasteiger charge is 2.28. The minimum atomic E-state index is -0.384. The zero-order valence-electron chi connectivity index (χ0n) is 13.0. The number of carbonyl (C=O) groups is 1. The molecule has 1 aliphatic carbocycles. The summed E-state index contributed by atoms with van der Waals surface area (Å²) >= 11 is 0. The van der Waals surface area contributed by atoms with Crippen LogP contribution >= 0.6 is 0 Å². The zero-order valence-corrected chi connectivity index (χ0v) is 13.0. The van der Waals surface area contributed by atoms with Gasteiger partial charge in [0.25, 0.3) is 0 Å². The first kappa shape index (κ1) is 15.8. The fourth-order valence-electron chi connectivity index (χ4n) is 2.86. The van der Waals surface area contributed by atoms with Gasteiger partial charge in [-0.15, -0.1) is 0 Å². The monoisotopic (exact) mass is 287 g/mol. The van der Waals surface area contributed by atoms with Crippen LogP contribution in [-0.2, 0) is 11.2 Å². The minimum absolute atomic E-state index is 0.0412. The summed E-state index contributed by atoms with van der Waals surface area (Å²) in [5, 5.41) is 10.0. The average Bonchev–Trinajstić information content (AvgIpc) is 2.53. The summed E-state index contributed by atoms with van der Waals surface area (Å²) in [7, 11) is 1.78. The number of nitrogens with zero attached hydrogens (tertiary/aromatic N) is 1. The lowest BCUT2D eigenvalue weighted by atomic mass is 9.91. The minimum Gasteiger partial charge on any atom is -0.391 e. The third-order valence-electron chi connectivity index (χ3n) is 4.35. The Morgan fingerprint density at radius 1 is 1.29 bits per heavy atom. The topological polar surface area (TPSA) is 40.5 Å². The van der Waals surface area contributed by atoms with E-state index in [0.29, 0.717) is 0 Å². The molecule has 1 aliphatic rings. The van der Waals surface area contributed by atoms with Crippen LogP contribution in [0.2, 0.25) is 0 Å². The number of aliphatic hydroxyl groups excluding tert-OH is 1. The predicted octanol–water partition coefficient (Wildman–Crippen LogP) is 3.02. The standard InChI is InChI=1S/C18H25NO2/c1-3-14-8-10-15(11-9-14)12-13-18(21)19(2)16-6-4-5-7-17(16)20/h8-13,16-17,20H,3-7H2,1-2H3/b13-12+. The van der Waals surface area contributed by atoms with E-state index in [4.69, 9.17) is 0 Å². The van der Waals surface area contributed by atoms with E-state index in [1.165, 1.54) is 5.56 Å². The number of benzene rings is 1. The molecule has 0 aliphatic heterocycles. The average molecular weight is 287 g/mol. The number of amides is 1. The van der Waals surface area contributed by atoms with E-state index >= 15 is 0 Å². The molecular formula is C18H25NO2. The van der Waals surface area contributed by atoms with Gasteiger partial charge in [-0.05, 0) is 36.5 Å². The Kier molecular flexibility index (Phi) is 5.57. The molecule has 114 valence electrons. The summed E-state index contributed by atoms with van der Waals surface area (Å²) in [6, 6.07) is 8.17. The summed E-state index contributed by atoms with van der Waals surface area (Å²) in [5.74, 6) is -0.0412. The fourth-order valence-corrected chi connectivity index (χ4v) is 2.86. The first-order chi connectivity index (χ1) is 10.1. The van der Waals surface area contributed by atoms with Gasteiger partial charge in [-0.3, -0.25) is 4.79 Å². The van der Waals surface area contributed by atoms with Gasteiger partial charge < -0.3 is 10.0 Å². The molecule has 0 spiro atoms. The molecule has 2 unspecified atom stereocenters. The smallest absolute Gasteiger partial charge is 0.246 e. The van der Waals surface area contributed by atoms with Gasteiger partial charge in [-0.25, -0.2) is 0 Å². The van der Waals surface area contributed by atoms with Crippen LogP contribution in [0.5, 0.6) is 0 Å². The highest BCUT2D eigenvalue weighted by Crippen LogP contribution is 2.22. The second-order valence-corrected chi connectivity index (χ2v) is 5.80. The maximum absolute atomic E-state index is 12.2. The summed E-state index contributed by atoms with van der Waals surface area (Å²) in [6.07, 6.45) is 7.90. The summed E-state index contributed by atoms with van der Waals surface area (Å²) < 4.78 is 0. The van der Waals surface area contributed by atoms with Gasteiger partial charge in [-0.1, -0.05) is 44.0 Å². The van der Waals surface area contributed by atoms with E-state index in [1.54, 1.807) is 18.0 Å². The first-order valence-corrected chi connectivity index (χ1v) is 7.83. The number of likely N-dealkylation sites (N-methyl/N-ethyl adjacent to an activating group) is 1. The number of aliphatic hydroxyl groups is 1. The quantitative estimate of drug-likeness (QED) is 0.865. The van der Waals surface area contributed by atoms with Crippen molar-refractivity contribution < 1.29 is 9.90 Å². The van der Waals surface area contributed by atoms with E-state index in [-0.39, 0.29) is 18.1 Å². The SMILES string of the molecule is CCc1ccc(/C=C/C(=O)N(C)C2CCCCC2O)cc1. The zero-order chi connectivity index (χ0) is 15.2. The van der Waals surface area contributed by atoms with Gasteiger partial charge in [-0.2, -0.15) is 0 Å². The molecule has 0 saturated heterocycles. The van der Waals surface area contributed by atoms with E-state index in [0.717, 1.165) is 37.7 Å². The Hall–Kier alpha value is -1.61. The van der Waals surface area contributed by atoms with Gasteiger partial charge in [0.2, 0.25) is 5.91 Å². The third kappa shape index (κ3) is 4.18. The van der Waals surface area contributed by atoms with Crippen molar-refractivity contribution >= 4 is 12.0 Å². The van der Waals surface area contributed by atoms with Crippen molar-refractivity contribution in [1.82, 2.24) is 4.90 Å². The van der Waals surface area contributed by atoms with Crippen molar-refractivity contribution in [2.45, 2.75) is 51.2 Å². The molecule has 0 aromatic heterocycles. The highest BCUT2D eigenvalue weighted by molar-refractivity contribution is 5.91. The first-order valence-electron chi connectivity index (χ1n) is 7.83. The summed E-state index contributed by atoms with van der Waals surface area (Å²) in [4.78, 5) is 13.9. The predicted molar refractivity (Wildman–Crippen MR) is 85.9 cm³/mol. The Labute approximate surface area is 127 Å². The largest absolute Gasteiger partial charge is 0.391 e. The lowest BCUT2D eigenvalue weighted by molar-refractivity contribution is -0.130. The van der Waals surface area contributed by atoms with Crippen molar-refractivity contribution in [3.63, 3.8) is 0 Å². The lowest BCUT2D eigenvalue weighted by Crippen LogP contribution is -2.45. The molecule has 21 heavy (non-hydrogen) atoms.